The number of rotatable bonds is 2. The van der Waals surface area contributed by atoms with Gasteiger partial charge < -0.3 is 15.5 Å². The van der Waals surface area contributed by atoms with Crippen molar-refractivity contribution in [2.24, 2.45) is 0 Å². The maximum absolute atomic E-state index is 9.72. The van der Waals surface area contributed by atoms with E-state index >= 15 is 0 Å². The molecule has 2 atom stereocenters. The van der Waals surface area contributed by atoms with Crippen LogP contribution in [0.25, 0.3) is 0 Å². The lowest BCUT2D eigenvalue weighted by Gasteiger charge is -2.48. The summed E-state index contributed by atoms with van der Waals surface area (Å²) in [6.45, 7) is 5.35. The van der Waals surface area contributed by atoms with Crippen LogP contribution in [0.5, 0.6) is 0 Å². The molecule has 0 radical (unpaired) electrons. The van der Waals surface area contributed by atoms with Crippen LogP contribution in [-0.2, 0) is 26.2 Å². The number of aliphatic hydroxyl groups excluding tert-OH is 2. The first-order chi connectivity index (χ1) is 11.6. The lowest BCUT2D eigenvalue weighted by Crippen LogP contribution is -2.53. The summed E-state index contributed by atoms with van der Waals surface area (Å²) in [5.41, 5.74) is 8.44. The maximum Gasteiger partial charge on any atom is 0.0685 e. The lowest BCUT2D eigenvalue weighted by molar-refractivity contribution is 0.251. The van der Waals surface area contributed by atoms with Gasteiger partial charge in [-0.15, -0.1) is 0 Å². The molecule has 0 aromatic heterocycles. The van der Waals surface area contributed by atoms with Gasteiger partial charge in [0.05, 0.1) is 13.2 Å². The van der Waals surface area contributed by atoms with Crippen molar-refractivity contribution in [3.05, 3.63) is 69.3 Å². The highest BCUT2D eigenvalue weighted by atomic mass is 16.3. The first kappa shape index (κ1) is 15.8. The van der Waals surface area contributed by atoms with Gasteiger partial charge in [-0.1, -0.05) is 35.9 Å². The standard InChI is InChI=1S/C21H25NO2/c1-13-3-4-15-10-22-21(2)6-5-14-8-16(11-23)17(12-24)9-19(14)20(21)18(15)7-13/h3-4,7-9,20,22-24H,5-6,10-12H2,1-2H3/t20-,21-/m1/s1. The van der Waals surface area contributed by atoms with Gasteiger partial charge in [0.15, 0.2) is 0 Å². The highest BCUT2D eigenvalue weighted by molar-refractivity contribution is 5.52. The molecule has 4 rings (SSSR count). The summed E-state index contributed by atoms with van der Waals surface area (Å²) in [6.07, 6.45) is 2.09. The SMILES string of the molecule is Cc1ccc2c(c1)[C@@H]1c3cc(CO)c(CO)cc3CC[C@@]1(C)NC2. The Balaban J connectivity index is 1.94. The third kappa shape index (κ3) is 2.31. The summed E-state index contributed by atoms with van der Waals surface area (Å²) in [5.74, 6) is 0.294. The summed E-state index contributed by atoms with van der Waals surface area (Å²) >= 11 is 0. The van der Waals surface area contributed by atoms with Gasteiger partial charge in [0, 0.05) is 18.0 Å². The molecule has 1 aliphatic heterocycles. The second-order valence-corrected chi connectivity index (χ2v) is 7.54. The number of nitrogens with one attached hydrogen (secondary N) is 1. The minimum absolute atomic E-state index is 0.0148. The van der Waals surface area contributed by atoms with Gasteiger partial charge in [-0.2, -0.15) is 0 Å². The van der Waals surface area contributed by atoms with Gasteiger partial charge in [0.25, 0.3) is 0 Å². The van der Waals surface area contributed by atoms with Crippen LogP contribution >= 0.6 is 0 Å². The van der Waals surface area contributed by atoms with Crippen LogP contribution in [-0.4, -0.2) is 15.8 Å². The molecular weight excluding hydrogens is 298 g/mol. The molecule has 2 aromatic rings. The van der Waals surface area contributed by atoms with Gasteiger partial charge in [-0.05, 0) is 60.1 Å². The molecule has 2 aromatic carbocycles. The van der Waals surface area contributed by atoms with Crippen molar-refractivity contribution in [3.8, 4) is 0 Å². The third-order valence-electron chi connectivity index (χ3n) is 5.96. The summed E-state index contributed by atoms with van der Waals surface area (Å²) in [7, 11) is 0. The van der Waals surface area contributed by atoms with Crippen molar-refractivity contribution in [2.75, 3.05) is 0 Å². The third-order valence-corrected chi connectivity index (χ3v) is 5.96. The summed E-state index contributed by atoms with van der Waals surface area (Å²) in [6, 6.07) is 11.0. The highest BCUT2D eigenvalue weighted by Crippen LogP contribution is 2.47. The summed E-state index contributed by atoms with van der Waals surface area (Å²) in [4.78, 5) is 0. The predicted octanol–water partition coefficient (Wildman–Crippen LogP) is 2.92. The zero-order chi connectivity index (χ0) is 16.9. The Morgan fingerprint density at radius 2 is 1.75 bits per heavy atom. The van der Waals surface area contributed by atoms with E-state index in [4.69, 9.17) is 0 Å². The molecule has 0 amide bonds. The van der Waals surface area contributed by atoms with E-state index in [-0.39, 0.29) is 18.8 Å². The van der Waals surface area contributed by atoms with Gasteiger partial charge >= 0.3 is 0 Å². The van der Waals surface area contributed by atoms with E-state index in [1.165, 1.54) is 27.8 Å². The Labute approximate surface area is 143 Å². The molecule has 3 nitrogen and oxygen atoms in total. The molecular formula is C21H25NO2. The molecule has 0 spiro atoms. The summed E-state index contributed by atoms with van der Waals surface area (Å²) < 4.78 is 0. The Kier molecular flexibility index (Phi) is 3.75. The minimum atomic E-state index is -0.0271. The average Bonchev–Trinajstić information content (AvgIpc) is 2.59. The predicted molar refractivity (Wildman–Crippen MR) is 94.9 cm³/mol. The number of aryl methyl sites for hydroxylation is 2. The second kappa shape index (κ2) is 5.69. The monoisotopic (exact) mass is 323 g/mol. The smallest absolute Gasteiger partial charge is 0.0685 e. The molecule has 0 saturated carbocycles. The van der Waals surface area contributed by atoms with Gasteiger partial charge in [0.2, 0.25) is 0 Å². The molecule has 1 aliphatic carbocycles. The number of hydrogen-bond donors (Lipinski definition) is 3. The highest BCUT2D eigenvalue weighted by Gasteiger charge is 2.43. The van der Waals surface area contributed by atoms with E-state index in [1.54, 1.807) is 0 Å². The summed E-state index contributed by atoms with van der Waals surface area (Å²) in [5, 5.41) is 23.1. The van der Waals surface area contributed by atoms with E-state index in [9.17, 15) is 10.2 Å². The van der Waals surface area contributed by atoms with Gasteiger partial charge in [-0.25, -0.2) is 0 Å². The molecule has 2 aliphatic rings. The Bertz CT molecular complexity index is 799. The van der Waals surface area contributed by atoms with Crippen molar-refractivity contribution in [3.63, 3.8) is 0 Å². The average molecular weight is 323 g/mol. The normalized spacial score (nSPS) is 24.9. The molecule has 3 heteroatoms. The van der Waals surface area contributed by atoms with E-state index in [1.807, 2.05) is 0 Å². The zero-order valence-corrected chi connectivity index (χ0v) is 14.4. The molecule has 24 heavy (non-hydrogen) atoms. The van der Waals surface area contributed by atoms with E-state index < -0.39 is 0 Å². The van der Waals surface area contributed by atoms with E-state index in [0.717, 1.165) is 30.5 Å². The Morgan fingerprint density at radius 1 is 1.04 bits per heavy atom. The van der Waals surface area contributed by atoms with Crippen molar-refractivity contribution >= 4 is 0 Å². The number of fused-ring (bicyclic) bond motifs is 5. The Morgan fingerprint density at radius 3 is 2.50 bits per heavy atom. The largest absolute Gasteiger partial charge is 0.392 e. The van der Waals surface area contributed by atoms with Crippen molar-refractivity contribution in [1.82, 2.24) is 5.32 Å². The lowest BCUT2D eigenvalue weighted by atomic mass is 9.64. The van der Waals surface area contributed by atoms with Crippen LogP contribution in [0.15, 0.2) is 30.3 Å². The van der Waals surface area contributed by atoms with Gasteiger partial charge in [0.1, 0.15) is 0 Å². The van der Waals surface area contributed by atoms with Crippen molar-refractivity contribution in [2.45, 2.75) is 57.9 Å². The fourth-order valence-corrected chi connectivity index (χ4v) is 4.56. The zero-order valence-electron chi connectivity index (χ0n) is 14.4. The van der Waals surface area contributed by atoms with Crippen LogP contribution < -0.4 is 5.32 Å². The number of benzene rings is 2. The number of hydrogen-bond acceptors (Lipinski definition) is 3. The minimum Gasteiger partial charge on any atom is -0.392 e. The molecule has 0 unspecified atom stereocenters. The first-order valence-corrected chi connectivity index (χ1v) is 8.76. The molecule has 126 valence electrons. The topological polar surface area (TPSA) is 52.5 Å². The maximum atomic E-state index is 9.72. The fourth-order valence-electron chi connectivity index (χ4n) is 4.56. The van der Waals surface area contributed by atoms with Crippen LogP contribution in [0.2, 0.25) is 0 Å². The molecule has 0 fully saturated rings. The van der Waals surface area contributed by atoms with Crippen molar-refractivity contribution < 1.29 is 10.2 Å². The van der Waals surface area contributed by atoms with E-state index in [0.29, 0.717) is 5.92 Å². The van der Waals surface area contributed by atoms with Gasteiger partial charge in [-0.3, -0.25) is 0 Å². The second-order valence-electron chi connectivity index (χ2n) is 7.54. The number of aliphatic hydroxyl groups is 2. The van der Waals surface area contributed by atoms with E-state index in [2.05, 4.69) is 49.5 Å². The van der Waals surface area contributed by atoms with Crippen LogP contribution in [0.1, 0.15) is 58.2 Å². The van der Waals surface area contributed by atoms with Crippen molar-refractivity contribution in [1.29, 1.82) is 0 Å². The molecule has 0 bridgehead atoms. The van der Waals surface area contributed by atoms with Crippen LogP contribution in [0.4, 0.5) is 0 Å². The molecule has 1 heterocycles. The van der Waals surface area contributed by atoms with Crippen LogP contribution in [0.3, 0.4) is 0 Å². The molecule has 0 saturated heterocycles. The fraction of sp³-hybridized carbons (Fsp3) is 0.429. The first-order valence-electron chi connectivity index (χ1n) is 8.76. The quantitative estimate of drug-likeness (QED) is 0.796. The van der Waals surface area contributed by atoms with Crippen LogP contribution in [0, 0.1) is 6.92 Å². The Hall–Kier alpha value is -1.68. The molecule has 3 N–H and O–H groups in total.